The van der Waals surface area contributed by atoms with E-state index in [0.717, 1.165) is 0 Å². The molecule has 2 unspecified atom stereocenters. The number of hydrogen-bond acceptors (Lipinski definition) is 4. The number of carbonyl (C=O) groups is 3. The number of halogens is 1. The lowest BCUT2D eigenvalue weighted by Gasteiger charge is -2.22. The van der Waals surface area contributed by atoms with Crippen LogP contribution in [0.4, 0.5) is 10.1 Å². The second kappa shape index (κ2) is 7.86. The van der Waals surface area contributed by atoms with E-state index in [0.29, 0.717) is 18.7 Å². The average Bonchev–Trinajstić information content (AvgIpc) is 2.98. The average molecular weight is 368 g/mol. The van der Waals surface area contributed by atoms with Crippen molar-refractivity contribution in [2.45, 2.75) is 25.5 Å². The molecule has 0 saturated carbocycles. The zero-order valence-corrected chi connectivity index (χ0v) is 14.9. The summed E-state index contributed by atoms with van der Waals surface area (Å²) in [7, 11) is 0. The van der Waals surface area contributed by atoms with E-state index < -0.39 is 16.6 Å². The van der Waals surface area contributed by atoms with Crippen molar-refractivity contribution in [3.8, 4) is 0 Å². The van der Waals surface area contributed by atoms with E-state index in [4.69, 9.17) is 0 Å². The fourth-order valence-electron chi connectivity index (χ4n) is 2.58. The van der Waals surface area contributed by atoms with Crippen LogP contribution in [0.3, 0.4) is 0 Å². The maximum Gasteiger partial charge on any atom is 0.311 e. The SMILES string of the molecule is CC(SCC(=O)Nc1ccc(F)cc1)C(=O)N1CCC(C)(C(=O)O)C1. The highest BCUT2D eigenvalue weighted by atomic mass is 32.2. The Morgan fingerprint density at radius 3 is 2.56 bits per heavy atom. The second-order valence-corrected chi connectivity index (χ2v) is 7.71. The molecule has 2 amide bonds. The normalized spacial score (nSPS) is 21.0. The lowest BCUT2D eigenvalue weighted by molar-refractivity contribution is -0.147. The molecule has 2 atom stereocenters. The molecule has 0 radical (unpaired) electrons. The van der Waals surface area contributed by atoms with Gasteiger partial charge in [-0.25, -0.2) is 4.39 Å². The Morgan fingerprint density at radius 2 is 2.00 bits per heavy atom. The number of nitrogens with one attached hydrogen (secondary N) is 1. The predicted molar refractivity (Wildman–Crippen MR) is 93.9 cm³/mol. The number of nitrogens with zero attached hydrogens (tertiary/aromatic N) is 1. The van der Waals surface area contributed by atoms with Gasteiger partial charge in [0.15, 0.2) is 0 Å². The topological polar surface area (TPSA) is 86.7 Å². The van der Waals surface area contributed by atoms with Gasteiger partial charge in [-0.15, -0.1) is 11.8 Å². The number of amides is 2. The van der Waals surface area contributed by atoms with Crippen molar-refractivity contribution >= 4 is 35.2 Å². The minimum Gasteiger partial charge on any atom is -0.481 e. The summed E-state index contributed by atoms with van der Waals surface area (Å²) in [6.45, 7) is 3.94. The number of hydrogen-bond donors (Lipinski definition) is 2. The Bertz CT molecular complexity index is 667. The molecule has 1 aromatic rings. The number of anilines is 1. The van der Waals surface area contributed by atoms with Crippen LogP contribution < -0.4 is 5.32 Å². The largest absolute Gasteiger partial charge is 0.481 e. The van der Waals surface area contributed by atoms with Gasteiger partial charge in [-0.2, -0.15) is 0 Å². The smallest absolute Gasteiger partial charge is 0.311 e. The predicted octanol–water partition coefficient (Wildman–Crippen LogP) is 2.21. The molecule has 0 aromatic heterocycles. The molecule has 2 rings (SSSR count). The molecule has 1 aliphatic heterocycles. The molecule has 2 N–H and O–H groups in total. The van der Waals surface area contributed by atoms with E-state index in [-0.39, 0.29) is 29.9 Å². The Kier molecular flexibility index (Phi) is 6.05. The second-order valence-electron chi connectivity index (χ2n) is 6.38. The number of carboxylic acids is 1. The van der Waals surface area contributed by atoms with Gasteiger partial charge >= 0.3 is 5.97 Å². The molecule has 1 aliphatic rings. The number of aliphatic carboxylic acids is 1. The van der Waals surface area contributed by atoms with E-state index in [1.165, 1.54) is 36.0 Å². The summed E-state index contributed by atoms with van der Waals surface area (Å²) in [6.07, 6.45) is 0.427. The number of benzene rings is 1. The fourth-order valence-corrected chi connectivity index (χ4v) is 3.35. The monoisotopic (exact) mass is 368 g/mol. The van der Waals surface area contributed by atoms with Crippen molar-refractivity contribution in [3.63, 3.8) is 0 Å². The van der Waals surface area contributed by atoms with Gasteiger partial charge in [0.2, 0.25) is 11.8 Å². The molecule has 1 heterocycles. The van der Waals surface area contributed by atoms with Gasteiger partial charge in [0.1, 0.15) is 5.82 Å². The molecule has 0 spiro atoms. The van der Waals surface area contributed by atoms with Crippen LogP contribution in [-0.2, 0) is 14.4 Å². The van der Waals surface area contributed by atoms with Crippen molar-refractivity contribution in [2.75, 3.05) is 24.2 Å². The number of thioether (sulfide) groups is 1. The first-order valence-corrected chi connectivity index (χ1v) is 8.95. The van der Waals surface area contributed by atoms with Gasteiger partial charge in [-0.05, 0) is 44.5 Å². The Labute approximate surface area is 149 Å². The van der Waals surface area contributed by atoms with Gasteiger partial charge < -0.3 is 15.3 Å². The van der Waals surface area contributed by atoms with Crippen LogP contribution in [0.1, 0.15) is 20.3 Å². The molecule has 1 fully saturated rings. The molecular formula is C17H21FN2O4S. The van der Waals surface area contributed by atoms with E-state index in [2.05, 4.69) is 5.32 Å². The summed E-state index contributed by atoms with van der Waals surface area (Å²) >= 11 is 1.19. The Hall–Kier alpha value is -2.09. The summed E-state index contributed by atoms with van der Waals surface area (Å²) in [6, 6.07) is 5.43. The summed E-state index contributed by atoms with van der Waals surface area (Å²) < 4.78 is 12.8. The highest BCUT2D eigenvalue weighted by molar-refractivity contribution is 8.01. The van der Waals surface area contributed by atoms with Crippen LogP contribution in [0.15, 0.2) is 24.3 Å². The third-order valence-electron chi connectivity index (χ3n) is 4.24. The molecule has 136 valence electrons. The van der Waals surface area contributed by atoms with Crippen LogP contribution in [0.25, 0.3) is 0 Å². The molecular weight excluding hydrogens is 347 g/mol. The standard InChI is InChI=1S/C17H21FN2O4S/c1-11(15(22)20-8-7-17(2,10-20)16(23)24)25-9-14(21)19-13-5-3-12(18)4-6-13/h3-6,11H,7-10H2,1-2H3,(H,19,21)(H,23,24). The van der Waals surface area contributed by atoms with Gasteiger partial charge in [-0.1, -0.05) is 0 Å². The third-order valence-corrected chi connectivity index (χ3v) is 5.37. The molecule has 1 saturated heterocycles. The third kappa shape index (κ3) is 4.94. The molecule has 1 aromatic carbocycles. The molecule has 0 aliphatic carbocycles. The lowest BCUT2D eigenvalue weighted by atomic mass is 9.90. The van der Waals surface area contributed by atoms with Gasteiger partial charge in [0.05, 0.1) is 16.4 Å². The minimum absolute atomic E-state index is 0.0777. The Balaban J connectivity index is 1.80. The first-order valence-electron chi connectivity index (χ1n) is 7.90. The number of carboxylic acid groups (broad SMARTS) is 1. The molecule has 8 heteroatoms. The number of likely N-dealkylation sites (tertiary alicyclic amines) is 1. The summed E-state index contributed by atoms with van der Waals surface area (Å²) in [4.78, 5) is 37.1. The van der Waals surface area contributed by atoms with E-state index in [9.17, 15) is 23.9 Å². The van der Waals surface area contributed by atoms with Crippen molar-refractivity contribution in [2.24, 2.45) is 5.41 Å². The fraction of sp³-hybridized carbons (Fsp3) is 0.471. The van der Waals surface area contributed by atoms with Crippen LogP contribution in [0.2, 0.25) is 0 Å². The van der Waals surface area contributed by atoms with Crippen LogP contribution >= 0.6 is 11.8 Å². The van der Waals surface area contributed by atoms with Gasteiger partial charge in [0, 0.05) is 18.8 Å². The molecule has 6 nitrogen and oxygen atoms in total. The van der Waals surface area contributed by atoms with E-state index in [1.807, 2.05) is 0 Å². The van der Waals surface area contributed by atoms with Crippen molar-refractivity contribution in [1.29, 1.82) is 0 Å². The van der Waals surface area contributed by atoms with Crippen LogP contribution in [0, 0.1) is 11.2 Å². The van der Waals surface area contributed by atoms with Crippen molar-refractivity contribution < 1.29 is 23.9 Å². The molecule has 25 heavy (non-hydrogen) atoms. The summed E-state index contributed by atoms with van der Waals surface area (Å²) in [5, 5.41) is 11.4. The van der Waals surface area contributed by atoms with Crippen LogP contribution in [-0.4, -0.2) is 51.9 Å². The summed E-state index contributed by atoms with van der Waals surface area (Å²) in [5.74, 6) is -1.65. The Morgan fingerprint density at radius 1 is 1.36 bits per heavy atom. The highest BCUT2D eigenvalue weighted by Gasteiger charge is 2.42. The minimum atomic E-state index is -0.903. The van der Waals surface area contributed by atoms with Crippen molar-refractivity contribution in [1.82, 2.24) is 4.90 Å². The van der Waals surface area contributed by atoms with E-state index in [1.54, 1.807) is 18.7 Å². The highest BCUT2D eigenvalue weighted by Crippen LogP contribution is 2.31. The first-order chi connectivity index (χ1) is 11.7. The summed E-state index contributed by atoms with van der Waals surface area (Å²) in [5.41, 5.74) is -0.414. The number of carbonyl (C=O) groups excluding carboxylic acids is 2. The first kappa shape index (κ1) is 19.2. The number of rotatable bonds is 6. The van der Waals surface area contributed by atoms with Crippen molar-refractivity contribution in [3.05, 3.63) is 30.1 Å². The van der Waals surface area contributed by atoms with Crippen LogP contribution in [0.5, 0.6) is 0 Å². The maximum absolute atomic E-state index is 12.8. The maximum atomic E-state index is 12.8. The lowest BCUT2D eigenvalue weighted by Crippen LogP contribution is -2.38. The van der Waals surface area contributed by atoms with Gasteiger partial charge in [-0.3, -0.25) is 14.4 Å². The zero-order chi connectivity index (χ0) is 18.6. The van der Waals surface area contributed by atoms with Gasteiger partial charge in [0.25, 0.3) is 0 Å². The zero-order valence-electron chi connectivity index (χ0n) is 14.1. The molecule has 0 bridgehead atoms. The quantitative estimate of drug-likeness (QED) is 0.804. The van der Waals surface area contributed by atoms with E-state index >= 15 is 0 Å².